The molecule has 0 amide bonds. The van der Waals surface area contributed by atoms with Crippen LogP contribution in [0.4, 0.5) is 4.39 Å². The van der Waals surface area contributed by atoms with Gasteiger partial charge in [0.25, 0.3) is 0 Å². The summed E-state index contributed by atoms with van der Waals surface area (Å²) >= 11 is 0. The number of hydrogen-bond acceptors (Lipinski definition) is 2. The van der Waals surface area contributed by atoms with Gasteiger partial charge in [-0.1, -0.05) is 6.07 Å². The quantitative estimate of drug-likeness (QED) is 0.803. The Morgan fingerprint density at radius 1 is 1.50 bits per heavy atom. The van der Waals surface area contributed by atoms with Crippen molar-refractivity contribution in [2.75, 3.05) is 7.11 Å². The maximum atomic E-state index is 13.2. The van der Waals surface area contributed by atoms with Gasteiger partial charge < -0.3 is 9.84 Å². The average molecular weight is 198 g/mol. The number of ether oxygens (including phenoxy) is 1. The van der Waals surface area contributed by atoms with Gasteiger partial charge in [-0.2, -0.15) is 0 Å². The molecular weight excluding hydrogens is 183 g/mol. The van der Waals surface area contributed by atoms with Crippen LogP contribution in [0.25, 0.3) is 0 Å². The number of aryl methyl sites for hydroxylation is 1. The summed E-state index contributed by atoms with van der Waals surface area (Å²) in [5.41, 5.74) is 0.879. The molecule has 3 heteroatoms. The second-order valence-corrected chi connectivity index (χ2v) is 3.36. The maximum Gasteiger partial charge on any atom is 0.165 e. The molecular formula is C11H15FO2. The molecule has 0 heterocycles. The van der Waals surface area contributed by atoms with Gasteiger partial charge in [0.1, 0.15) is 0 Å². The highest BCUT2D eigenvalue weighted by atomic mass is 19.1. The molecule has 0 radical (unpaired) electrons. The molecule has 1 aromatic rings. The summed E-state index contributed by atoms with van der Waals surface area (Å²) in [7, 11) is 1.44. The van der Waals surface area contributed by atoms with Gasteiger partial charge in [0.2, 0.25) is 0 Å². The minimum Gasteiger partial charge on any atom is -0.494 e. The molecule has 0 aromatic heterocycles. The van der Waals surface area contributed by atoms with Crippen LogP contribution in [0.15, 0.2) is 18.2 Å². The molecule has 0 saturated carbocycles. The molecule has 0 unspecified atom stereocenters. The van der Waals surface area contributed by atoms with Crippen molar-refractivity contribution in [2.45, 2.75) is 25.9 Å². The lowest BCUT2D eigenvalue weighted by molar-refractivity contribution is 0.185. The van der Waals surface area contributed by atoms with Crippen LogP contribution in [0.3, 0.4) is 0 Å². The first-order valence-corrected chi connectivity index (χ1v) is 4.64. The van der Waals surface area contributed by atoms with Gasteiger partial charge in [-0.25, -0.2) is 4.39 Å². The van der Waals surface area contributed by atoms with E-state index in [1.807, 2.05) is 6.07 Å². The molecule has 14 heavy (non-hydrogen) atoms. The van der Waals surface area contributed by atoms with Crippen LogP contribution in [0.5, 0.6) is 5.75 Å². The molecule has 1 N–H and O–H groups in total. The Balaban J connectivity index is 2.66. The molecule has 2 nitrogen and oxygen atoms in total. The number of hydrogen-bond donors (Lipinski definition) is 1. The van der Waals surface area contributed by atoms with E-state index < -0.39 is 0 Å². The summed E-state index contributed by atoms with van der Waals surface area (Å²) in [4.78, 5) is 0. The number of aliphatic hydroxyl groups excluding tert-OH is 1. The lowest BCUT2D eigenvalue weighted by Crippen LogP contribution is -2.01. The second kappa shape index (κ2) is 4.96. The van der Waals surface area contributed by atoms with E-state index in [-0.39, 0.29) is 17.7 Å². The molecule has 78 valence electrons. The van der Waals surface area contributed by atoms with E-state index in [9.17, 15) is 4.39 Å². The van der Waals surface area contributed by atoms with E-state index in [1.54, 1.807) is 13.0 Å². The number of rotatable bonds is 4. The van der Waals surface area contributed by atoms with Crippen molar-refractivity contribution < 1.29 is 14.2 Å². The molecule has 0 saturated heterocycles. The zero-order valence-corrected chi connectivity index (χ0v) is 8.46. The van der Waals surface area contributed by atoms with Crippen LogP contribution < -0.4 is 4.74 Å². The van der Waals surface area contributed by atoms with Crippen molar-refractivity contribution in [3.8, 4) is 5.75 Å². The van der Waals surface area contributed by atoms with E-state index in [0.717, 1.165) is 5.56 Å². The molecule has 0 fully saturated rings. The zero-order chi connectivity index (χ0) is 10.6. The van der Waals surface area contributed by atoms with Crippen LogP contribution in [0.1, 0.15) is 18.9 Å². The summed E-state index contributed by atoms with van der Waals surface area (Å²) in [6.45, 7) is 1.72. The number of methoxy groups -OCH3 is 1. The Kier molecular flexibility index (Phi) is 3.89. The SMILES string of the molecule is COc1ccc(CC[C@H](C)O)cc1F. The molecule has 1 atom stereocenters. The van der Waals surface area contributed by atoms with Crippen LogP contribution in [0, 0.1) is 5.82 Å². The van der Waals surface area contributed by atoms with Gasteiger partial charge in [0, 0.05) is 0 Å². The van der Waals surface area contributed by atoms with Gasteiger partial charge in [0.05, 0.1) is 13.2 Å². The third-order valence-electron chi connectivity index (χ3n) is 2.07. The van der Waals surface area contributed by atoms with E-state index in [4.69, 9.17) is 9.84 Å². The first-order valence-electron chi connectivity index (χ1n) is 4.64. The average Bonchev–Trinajstić information content (AvgIpc) is 2.15. The zero-order valence-electron chi connectivity index (χ0n) is 8.46. The van der Waals surface area contributed by atoms with E-state index in [0.29, 0.717) is 12.8 Å². The van der Waals surface area contributed by atoms with Crippen molar-refractivity contribution in [3.63, 3.8) is 0 Å². The Morgan fingerprint density at radius 2 is 2.21 bits per heavy atom. The Labute approximate surface area is 83.3 Å². The predicted octanol–water partition coefficient (Wildman–Crippen LogP) is 2.15. The fourth-order valence-corrected chi connectivity index (χ4v) is 1.24. The minimum absolute atomic E-state index is 0.255. The first-order chi connectivity index (χ1) is 6.63. The molecule has 0 aliphatic heterocycles. The van der Waals surface area contributed by atoms with Crippen molar-refractivity contribution >= 4 is 0 Å². The van der Waals surface area contributed by atoms with Crippen LogP contribution >= 0.6 is 0 Å². The predicted molar refractivity (Wildman–Crippen MR) is 53.0 cm³/mol. The molecule has 0 bridgehead atoms. The molecule has 0 aliphatic carbocycles. The molecule has 0 aliphatic rings. The lowest BCUT2D eigenvalue weighted by atomic mass is 10.1. The van der Waals surface area contributed by atoms with E-state index >= 15 is 0 Å². The van der Waals surface area contributed by atoms with Crippen LogP contribution in [-0.4, -0.2) is 18.3 Å². The highest BCUT2D eigenvalue weighted by Gasteiger charge is 2.04. The fourth-order valence-electron chi connectivity index (χ4n) is 1.24. The second-order valence-electron chi connectivity index (χ2n) is 3.36. The van der Waals surface area contributed by atoms with Gasteiger partial charge in [-0.3, -0.25) is 0 Å². The summed E-state index contributed by atoms with van der Waals surface area (Å²) in [6, 6.07) is 4.86. The normalized spacial score (nSPS) is 12.6. The fraction of sp³-hybridized carbons (Fsp3) is 0.455. The number of aliphatic hydroxyl groups is 1. The topological polar surface area (TPSA) is 29.5 Å². The Morgan fingerprint density at radius 3 is 2.71 bits per heavy atom. The largest absolute Gasteiger partial charge is 0.494 e. The summed E-state index contributed by atoms with van der Waals surface area (Å²) in [6.07, 6.45) is 0.977. The standard InChI is InChI=1S/C11H15FO2/c1-8(13)3-4-9-5-6-11(14-2)10(12)7-9/h5-8,13H,3-4H2,1-2H3/t8-/m0/s1. The summed E-state index contributed by atoms with van der Waals surface area (Å²) in [5, 5.41) is 9.07. The summed E-state index contributed by atoms with van der Waals surface area (Å²) in [5.74, 6) is -0.0959. The van der Waals surface area contributed by atoms with Crippen LogP contribution in [0.2, 0.25) is 0 Å². The number of halogens is 1. The monoisotopic (exact) mass is 198 g/mol. The Hall–Kier alpha value is -1.09. The minimum atomic E-state index is -0.351. The van der Waals surface area contributed by atoms with E-state index in [1.165, 1.54) is 13.2 Å². The molecule has 0 spiro atoms. The maximum absolute atomic E-state index is 13.2. The van der Waals surface area contributed by atoms with Crippen molar-refractivity contribution in [1.29, 1.82) is 0 Å². The molecule has 1 aromatic carbocycles. The van der Waals surface area contributed by atoms with Gasteiger partial charge >= 0.3 is 0 Å². The Bertz CT molecular complexity index is 297. The first kappa shape index (κ1) is 11.0. The van der Waals surface area contributed by atoms with Crippen molar-refractivity contribution in [2.24, 2.45) is 0 Å². The highest BCUT2D eigenvalue weighted by molar-refractivity contribution is 5.29. The van der Waals surface area contributed by atoms with Gasteiger partial charge in [0.15, 0.2) is 11.6 Å². The van der Waals surface area contributed by atoms with Crippen molar-refractivity contribution in [3.05, 3.63) is 29.6 Å². The van der Waals surface area contributed by atoms with Crippen molar-refractivity contribution in [1.82, 2.24) is 0 Å². The third-order valence-corrected chi connectivity index (χ3v) is 2.07. The van der Waals surface area contributed by atoms with E-state index in [2.05, 4.69) is 0 Å². The molecule has 1 rings (SSSR count). The lowest BCUT2D eigenvalue weighted by Gasteiger charge is -2.06. The smallest absolute Gasteiger partial charge is 0.165 e. The number of benzene rings is 1. The highest BCUT2D eigenvalue weighted by Crippen LogP contribution is 2.18. The van der Waals surface area contributed by atoms with Gasteiger partial charge in [-0.15, -0.1) is 0 Å². The third kappa shape index (κ3) is 3.00. The van der Waals surface area contributed by atoms with Crippen LogP contribution in [-0.2, 0) is 6.42 Å². The summed E-state index contributed by atoms with van der Waals surface area (Å²) < 4.78 is 18.0. The van der Waals surface area contributed by atoms with Gasteiger partial charge in [-0.05, 0) is 37.5 Å².